The maximum atomic E-state index is 11.7. The number of anilines is 1. The second kappa shape index (κ2) is 8.46. The van der Waals surface area contributed by atoms with Crippen molar-refractivity contribution in [3.8, 4) is 0 Å². The van der Waals surface area contributed by atoms with E-state index in [1.54, 1.807) is 13.1 Å². The average Bonchev–Trinajstić information content (AvgIpc) is 2.91. The van der Waals surface area contributed by atoms with Crippen LogP contribution in [0.25, 0.3) is 0 Å². The van der Waals surface area contributed by atoms with E-state index in [9.17, 15) is 4.79 Å². The molecule has 0 aliphatic carbocycles. The fourth-order valence-electron chi connectivity index (χ4n) is 2.34. The van der Waals surface area contributed by atoms with E-state index in [0.29, 0.717) is 31.4 Å². The van der Waals surface area contributed by atoms with Crippen molar-refractivity contribution in [3.05, 3.63) is 11.9 Å². The van der Waals surface area contributed by atoms with Gasteiger partial charge in [-0.2, -0.15) is 0 Å². The lowest BCUT2D eigenvalue weighted by Gasteiger charge is -2.27. The molecule has 0 radical (unpaired) electrons. The van der Waals surface area contributed by atoms with Gasteiger partial charge in [0.25, 0.3) is 0 Å². The quantitative estimate of drug-likeness (QED) is 0.583. The minimum atomic E-state index is -0.850. The molecule has 1 aromatic heterocycles. The first kappa shape index (κ1) is 17.2. The van der Waals surface area contributed by atoms with Gasteiger partial charge in [-0.1, -0.05) is 0 Å². The first-order valence-electron chi connectivity index (χ1n) is 7.69. The van der Waals surface area contributed by atoms with Crippen molar-refractivity contribution < 1.29 is 18.6 Å². The molecule has 0 fully saturated rings. The van der Waals surface area contributed by atoms with Gasteiger partial charge in [-0.3, -0.25) is 0 Å². The Balaban J connectivity index is 1.97. The molecular formula is C14H24N3O4P. The summed E-state index contributed by atoms with van der Waals surface area (Å²) >= 11 is 0. The molecule has 7 nitrogen and oxygen atoms in total. The summed E-state index contributed by atoms with van der Waals surface area (Å²) in [5.74, 6) is 0.728. The zero-order valence-corrected chi connectivity index (χ0v) is 14.3. The van der Waals surface area contributed by atoms with Crippen molar-refractivity contribution in [2.24, 2.45) is 5.92 Å². The summed E-state index contributed by atoms with van der Waals surface area (Å²) in [7, 11) is -0.850. The number of hydrogen-bond donors (Lipinski definition) is 1. The normalized spacial score (nSPS) is 17.2. The molecule has 0 amide bonds. The molecule has 124 valence electrons. The standard InChI is InChI=1S/C14H24N3O4P/c1-4-19-13(18)12-9-17-8-11(7-15-14(17)16-12)10-22(20-5-2)21-6-3/h9,11H,4-8,10H2,1-3H3,(H,15,16). The Kier molecular flexibility index (Phi) is 6.61. The maximum absolute atomic E-state index is 11.7. The Morgan fingerprint density at radius 3 is 2.73 bits per heavy atom. The molecule has 2 rings (SSSR count). The first-order chi connectivity index (χ1) is 10.7. The van der Waals surface area contributed by atoms with Gasteiger partial charge < -0.3 is 23.7 Å². The van der Waals surface area contributed by atoms with Crippen LogP contribution in [-0.2, 0) is 20.3 Å². The number of imidazole rings is 1. The van der Waals surface area contributed by atoms with Crippen LogP contribution in [0.1, 0.15) is 31.3 Å². The molecule has 0 aromatic carbocycles. The molecule has 1 N–H and O–H groups in total. The highest BCUT2D eigenvalue weighted by atomic mass is 31.2. The Labute approximate surface area is 132 Å². The van der Waals surface area contributed by atoms with Crippen molar-refractivity contribution in [2.75, 3.05) is 37.8 Å². The largest absolute Gasteiger partial charge is 0.461 e. The van der Waals surface area contributed by atoms with E-state index in [2.05, 4.69) is 10.3 Å². The maximum Gasteiger partial charge on any atom is 0.358 e. The molecule has 1 atom stereocenters. The summed E-state index contributed by atoms with van der Waals surface area (Å²) in [5, 5.41) is 3.26. The van der Waals surface area contributed by atoms with Crippen LogP contribution < -0.4 is 5.32 Å². The van der Waals surface area contributed by atoms with Gasteiger partial charge >= 0.3 is 5.97 Å². The number of carbonyl (C=O) groups excluding carboxylic acids is 1. The molecular weight excluding hydrogens is 305 g/mol. The zero-order valence-electron chi connectivity index (χ0n) is 13.4. The molecule has 0 spiro atoms. The number of nitrogens with one attached hydrogen (secondary N) is 1. The second-order valence-corrected chi connectivity index (χ2v) is 6.47. The summed E-state index contributed by atoms with van der Waals surface area (Å²) in [6.45, 7) is 9.02. The average molecular weight is 329 g/mol. The van der Waals surface area contributed by atoms with Gasteiger partial charge in [0.2, 0.25) is 5.95 Å². The van der Waals surface area contributed by atoms with Crippen LogP contribution in [0.4, 0.5) is 5.95 Å². The summed E-state index contributed by atoms with van der Waals surface area (Å²) < 4.78 is 18.3. The predicted octanol–water partition coefficient (Wildman–Crippen LogP) is 2.49. The Morgan fingerprint density at radius 2 is 2.09 bits per heavy atom. The molecule has 1 aliphatic rings. The number of aromatic nitrogens is 2. The number of hydrogen-bond acceptors (Lipinski definition) is 6. The van der Waals surface area contributed by atoms with E-state index in [0.717, 1.165) is 25.2 Å². The molecule has 22 heavy (non-hydrogen) atoms. The van der Waals surface area contributed by atoms with Gasteiger partial charge in [-0.05, 0) is 20.8 Å². The van der Waals surface area contributed by atoms with Crippen LogP contribution in [0.3, 0.4) is 0 Å². The monoisotopic (exact) mass is 329 g/mol. The summed E-state index contributed by atoms with van der Waals surface area (Å²) in [6, 6.07) is 0. The molecule has 0 bridgehead atoms. The van der Waals surface area contributed by atoms with Crippen LogP contribution in [-0.4, -0.2) is 48.0 Å². The van der Waals surface area contributed by atoms with E-state index >= 15 is 0 Å². The van der Waals surface area contributed by atoms with E-state index in [-0.39, 0.29) is 5.97 Å². The molecule has 0 saturated heterocycles. The van der Waals surface area contributed by atoms with Gasteiger partial charge in [-0.25, -0.2) is 9.78 Å². The third-order valence-corrected chi connectivity index (χ3v) is 5.13. The lowest BCUT2D eigenvalue weighted by Crippen LogP contribution is -2.29. The van der Waals surface area contributed by atoms with Gasteiger partial charge in [-0.15, -0.1) is 0 Å². The van der Waals surface area contributed by atoms with Crippen molar-refractivity contribution in [2.45, 2.75) is 27.3 Å². The third-order valence-electron chi connectivity index (χ3n) is 3.22. The first-order valence-corrected chi connectivity index (χ1v) is 9.05. The molecule has 8 heteroatoms. The second-order valence-electron chi connectivity index (χ2n) is 4.92. The summed E-state index contributed by atoms with van der Waals surface area (Å²) in [6.07, 6.45) is 2.62. The highest BCUT2D eigenvalue weighted by Crippen LogP contribution is 2.41. The Hall–Kier alpha value is -1.17. The smallest absolute Gasteiger partial charge is 0.358 e. The molecule has 1 aromatic rings. The van der Waals surface area contributed by atoms with E-state index in [4.69, 9.17) is 13.8 Å². The SMILES string of the molecule is CCOC(=O)c1cn2c(n1)NCC(CP(OCC)OCC)C2. The minimum absolute atomic E-state index is 0.349. The summed E-state index contributed by atoms with van der Waals surface area (Å²) in [4.78, 5) is 16.0. The summed E-state index contributed by atoms with van der Waals surface area (Å²) in [5.41, 5.74) is 0.349. The number of fused-ring (bicyclic) bond motifs is 1. The molecule has 1 aliphatic heterocycles. The van der Waals surface area contributed by atoms with E-state index < -0.39 is 8.38 Å². The molecule has 2 heterocycles. The number of esters is 1. The van der Waals surface area contributed by atoms with Crippen LogP contribution in [0.2, 0.25) is 0 Å². The van der Waals surface area contributed by atoms with Crippen molar-refractivity contribution in [1.29, 1.82) is 0 Å². The number of carbonyl (C=O) groups is 1. The van der Waals surface area contributed by atoms with Gasteiger partial charge in [0.1, 0.15) is 0 Å². The van der Waals surface area contributed by atoms with Crippen LogP contribution in [0, 0.1) is 5.92 Å². The van der Waals surface area contributed by atoms with Crippen molar-refractivity contribution >= 4 is 20.3 Å². The minimum Gasteiger partial charge on any atom is -0.461 e. The van der Waals surface area contributed by atoms with Crippen LogP contribution in [0.5, 0.6) is 0 Å². The van der Waals surface area contributed by atoms with Crippen LogP contribution in [0.15, 0.2) is 6.20 Å². The molecule has 1 unspecified atom stereocenters. The Bertz CT molecular complexity index is 488. The predicted molar refractivity (Wildman–Crippen MR) is 85.2 cm³/mol. The molecule has 0 saturated carbocycles. The fraction of sp³-hybridized carbons (Fsp3) is 0.714. The fourth-order valence-corrected chi connectivity index (χ4v) is 3.87. The lowest BCUT2D eigenvalue weighted by atomic mass is 10.1. The van der Waals surface area contributed by atoms with Gasteiger partial charge in [0, 0.05) is 31.4 Å². The van der Waals surface area contributed by atoms with Gasteiger partial charge in [0.15, 0.2) is 14.1 Å². The van der Waals surface area contributed by atoms with Crippen molar-refractivity contribution in [3.63, 3.8) is 0 Å². The van der Waals surface area contributed by atoms with Gasteiger partial charge in [0.05, 0.1) is 19.8 Å². The topological polar surface area (TPSA) is 74.6 Å². The highest BCUT2D eigenvalue weighted by molar-refractivity contribution is 7.47. The van der Waals surface area contributed by atoms with Crippen molar-refractivity contribution in [1.82, 2.24) is 9.55 Å². The number of nitrogens with zero attached hydrogens (tertiary/aromatic N) is 2. The number of ether oxygens (including phenoxy) is 1. The van der Waals surface area contributed by atoms with E-state index in [1.807, 2.05) is 18.4 Å². The highest BCUT2D eigenvalue weighted by Gasteiger charge is 2.25. The zero-order chi connectivity index (χ0) is 15.9. The third kappa shape index (κ3) is 4.41. The lowest BCUT2D eigenvalue weighted by molar-refractivity contribution is 0.0520. The van der Waals surface area contributed by atoms with E-state index in [1.165, 1.54) is 0 Å². The number of rotatable bonds is 8. The Morgan fingerprint density at radius 1 is 1.36 bits per heavy atom. The van der Waals surface area contributed by atoms with Crippen LogP contribution >= 0.6 is 8.38 Å².